The van der Waals surface area contributed by atoms with Gasteiger partial charge in [-0.1, -0.05) is 57.5 Å². The summed E-state index contributed by atoms with van der Waals surface area (Å²) in [6, 6.07) is 9.98. The van der Waals surface area contributed by atoms with Crippen LogP contribution in [0.5, 0.6) is 0 Å². The summed E-state index contributed by atoms with van der Waals surface area (Å²) in [6.45, 7) is 8.79. The number of nitrogens with zero attached hydrogens (tertiary/aromatic N) is 2. The van der Waals surface area contributed by atoms with Crippen LogP contribution in [0.4, 0.5) is 4.79 Å². The molecule has 5 heteroatoms. The lowest BCUT2D eigenvalue weighted by molar-refractivity contribution is -0.134. The molecule has 2 rings (SSSR count). The molecule has 1 aliphatic heterocycles. The molecule has 1 saturated heterocycles. The third-order valence-corrected chi connectivity index (χ3v) is 4.47. The Morgan fingerprint density at radius 1 is 1.04 bits per heavy atom. The predicted molar refractivity (Wildman–Crippen MR) is 98.4 cm³/mol. The van der Waals surface area contributed by atoms with Crippen molar-refractivity contribution in [1.29, 1.82) is 0 Å². The molecule has 1 unspecified atom stereocenters. The average Bonchev–Trinajstić information content (AvgIpc) is 2.64. The summed E-state index contributed by atoms with van der Waals surface area (Å²) in [5.74, 6) is 0.404. The van der Waals surface area contributed by atoms with E-state index >= 15 is 0 Å². The average molecular weight is 346 g/mol. The molecule has 1 aromatic carbocycles. The van der Waals surface area contributed by atoms with Gasteiger partial charge in [0.1, 0.15) is 0 Å². The van der Waals surface area contributed by atoms with Crippen molar-refractivity contribution in [2.75, 3.05) is 32.8 Å². The maximum atomic E-state index is 13.0. The van der Waals surface area contributed by atoms with E-state index < -0.39 is 0 Å². The van der Waals surface area contributed by atoms with Gasteiger partial charge < -0.3 is 14.5 Å². The van der Waals surface area contributed by atoms with Gasteiger partial charge in [-0.3, -0.25) is 4.79 Å². The van der Waals surface area contributed by atoms with E-state index in [4.69, 9.17) is 4.74 Å². The maximum Gasteiger partial charge on any atom is 0.409 e. The summed E-state index contributed by atoms with van der Waals surface area (Å²) >= 11 is 0. The monoisotopic (exact) mass is 346 g/mol. The van der Waals surface area contributed by atoms with Gasteiger partial charge in [0.15, 0.2) is 0 Å². The van der Waals surface area contributed by atoms with Crippen molar-refractivity contribution in [1.82, 2.24) is 9.80 Å². The van der Waals surface area contributed by atoms with E-state index in [0.717, 1.165) is 18.4 Å². The van der Waals surface area contributed by atoms with Gasteiger partial charge in [-0.05, 0) is 17.9 Å². The highest BCUT2D eigenvalue weighted by molar-refractivity contribution is 5.84. The lowest BCUT2D eigenvalue weighted by Crippen LogP contribution is -2.51. The Bertz CT molecular complexity index is 551. The topological polar surface area (TPSA) is 49.9 Å². The molecule has 1 heterocycles. The molecule has 1 fully saturated rings. The summed E-state index contributed by atoms with van der Waals surface area (Å²) < 4.78 is 5.28. The Balaban J connectivity index is 1.92. The number of rotatable bonds is 6. The smallest absolute Gasteiger partial charge is 0.409 e. The number of carbonyl (C=O) groups is 2. The van der Waals surface area contributed by atoms with Gasteiger partial charge in [0, 0.05) is 26.2 Å². The molecule has 1 aliphatic rings. The second kappa shape index (κ2) is 9.44. The SMILES string of the molecule is CCCC(C(=O)N1CCN(C(=O)OCC(C)C)CC1)c1ccccc1. The Labute approximate surface area is 150 Å². The largest absolute Gasteiger partial charge is 0.449 e. The number of benzene rings is 1. The van der Waals surface area contributed by atoms with Crippen molar-refractivity contribution in [3.8, 4) is 0 Å². The molecule has 0 bridgehead atoms. The van der Waals surface area contributed by atoms with Crippen molar-refractivity contribution in [2.45, 2.75) is 39.5 Å². The van der Waals surface area contributed by atoms with Crippen molar-refractivity contribution < 1.29 is 14.3 Å². The fourth-order valence-corrected chi connectivity index (χ4v) is 3.07. The van der Waals surface area contributed by atoms with Crippen LogP contribution in [0.3, 0.4) is 0 Å². The number of hydrogen-bond donors (Lipinski definition) is 0. The van der Waals surface area contributed by atoms with Crippen LogP contribution >= 0.6 is 0 Å². The van der Waals surface area contributed by atoms with E-state index in [2.05, 4.69) is 6.92 Å². The van der Waals surface area contributed by atoms with E-state index in [1.807, 2.05) is 49.1 Å². The van der Waals surface area contributed by atoms with Gasteiger partial charge in [0.2, 0.25) is 5.91 Å². The number of hydrogen-bond acceptors (Lipinski definition) is 3. The van der Waals surface area contributed by atoms with E-state index in [0.29, 0.717) is 38.7 Å². The molecule has 0 saturated carbocycles. The van der Waals surface area contributed by atoms with Gasteiger partial charge in [-0.2, -0.15) is 0 Å². The van der Waals surface area contributed by atoms with Crippen molar-refractivity contribution in [3.05, 3.63) is 35.9 Å². The minimum absolute atomic E-state index is 0.0920. The number of carbonyl (C=O) groups excluding carboxylic acids is 2. The molecule has 2 amide bonds. The highest BCUT2D eigenvalue weighted by atomic mass is 16.6. The van der Waals surface area contributed by atoms with E-state index in [1.165, 1.54) is 0 Å². The zero-order chi connectivity index (χ0) is 18.2. The normalized spacial score (nSPS) is 16.0. The highest BCUT2D eigenvalue weighted by Crippen LogP contribution is 2.24. The van der Waals surface area contributed by atoms with Crippen LogP contribution in [0, 0.1) is 5.92 Å². The molecular formula is C20H30N2O3. The molecule has 1 atom stereocenters. The molecule has 0 radical (unpaired) electrons. The molecule has 0 aromatic heterocycles. The van der Waals surface area contributed by atoms with Gasteiger partial charge in [-0.25, -0.2) is 4.79 Å². The van der Waals surface area contributed by atoms with E-state index in [9.17, 15) is 9.59 Å². The predicted octanol–water partition coefficient (Wildman–Crippen LogP) is 3.51. The van der Waals surface area contributed by atoms with Crippen molar-refractivity contribution >= 4 is 12.0 Å². The minimum atomic E-state index is -0.269. The summed E-state index contributed by atoms with van der Waals surface area (Å²) in [6.07, 6.45) is 1.54. The molecule has 0 spiro atoms. The first-order chi connectivity index (χ1) is 12.0. The molecule has 138 valence electrons. The van der Waals surface area contributed by atoms with E-state index in [-0.39, 0.29) is 17.9 Å². The Hall–Kier alpha value is -2.04. The van der Waals surface area contributed by atoms with Gasteiger partial charge >= 0.3 is 6.09 Å². The molecule has 0 aliphatic carbocycles. The number of ether oxygens (including phenoxy) is 1. The molecular weight excluding hydrogens is 316 g/mol. The first-order valence-electron chi connectivity index (χ1n) is 9.28. The molecule has 5 nitrogen and oxygen atoms in total. The van der Waals surface area contributed by atoms with Gasteiger partial charge in [-0.15, -0.1) is 0 Å². The Morgan fingerprint density at radius 2 is 1.64 bits per heavy atom. The van der Waals surface area contributed by atoms with E-state index in [1.54, 1.807) is 4.90 Å². The van der Waals surface area contributed by atoms with Gasteiger partial charge in [0.05, 0.1) is 12.5 Å². The fourth-order valence-electron chi connectivity index (χ4n) is 3.07. The van der Waals surface area contributed by atoms with Crippen LogP contribution in [0.15, 0.2) is 30.3 Å². The van der Waals surface area contributed by atoms with Crippen LogP contribution in [-0.4, -0.2) is 54.6 Å². The molecule has 25 heavy (non-hydrogen) atoms. The van der Waals surface area contributed by atoms with Crippen LogP contribution < -0.4 is 0 Å². The summed E-state index contributed by atoms with van der Waals surface area (Å²) in [4.78, 5) is 28.6. The van der Waals surface area contributed by atoms with Crippen molar-refractivity contribution in [3.63, 3.8) is 0 Å². The van der Waals surface area contributed by atoms with Gasteiger partial charge in [0.25, 0.3) is 0 Å². The van der Waals surface area contributed by atoms with Crippen molar-refractivity contribution in [2.24, 2.45) is 5.92 Å². The van der Waals surface area contributed by atoms with Crippen LogP contribution in [0.1, 0.15) is 45.1 Å². The molecule has 1 aromatic rings. The quantitative estimate of drug-likeness (QED) is 0.792. The Morgan fingerprint density at radius 3 is 2.20 bits per heavy atom. The Kier molecular flexibility index (Phi) is 7.29. The summed E-state index contributed by atoms with van der Waals surface area (Å²) in [5, 5.41) is 0. The maximum absolute atomic E-state index is 13.0. The third kappa shape index (κ3) is 5.48. The zero-order valence-corrected chi connectivity index (χ0v) is 15.6. The highest BCUT2D eigenvalue weighted by Gasteiger charge is 2.29. The second-order valence-corrected chi connectivity index (χ2v) is 7.04. The second-order valence-electron chi connectivity index (χ2n) is 7.04. The summed E-state index contributed by atoms with van der Waals surface area (Å²) in [5.41, 5.74) is 1.08. The lowest BCUT2D eigenvalue weighted by Gasteiger charge is -2.36. The molecule has 0 N–H and O–H groups in total. The van der Waals surface area contributed by atoms with Crippen LogP contribution in [0.2, 0.25) is 0 Å². The third-order valence-electron chi connectivity index (χ3n) is 4.47. The van der Waals surface area contributed by atoms with Crippen LogP contribution in [0.25, 0.3) is 0 Å². The lowest BCUT2D eigenvalue weighted by atomic mass is 9.93. The first-order valence-corrected chi connectivity index (χ1v) is 9.28. The van der Waals surface area contributed by atoms with Crippen LogP contribution in [-0.2, 0) is 9.53 Å². The standard InChI is InChI=1S/C20H30N2O3/c1-4-8-18(17-9-6-5-7-10-17)19(23)21-11-13-22(14-12-21)20(24)25-15-16(2)3/h5-7,9-10,16,18H,4,8,11-15H2,1-3H3. The number of piperazine rings is 1. The summed E-state index contributed by atoms with van der Waals surface area (Å²) in [7, 11) is 0. The number of amides is 2. The first kappa shape index (κ1) is 19.3. The zero-order valence-electron chi connectivity index (χ0n) is 15.6. The minimum Gasteiger partial charge on any atom is -0.449 e. The fraction of sp³-hybridized carbons (Fsp3) is 0.600.